The fourth-order valence-electron chi connectivity index (χ4n) is 9.05. The van der Waals surface area contributed by atoms with Gasteiger partial charge in [-0.3, -0.25) is 0 Å². The summed E-state index contributed by atoms with van der Waals surface area (Å²) in [5.74, 6) is 1.49. The van der Waals surface area contributed by atoms with Gasteiger partial charge in [0, 0.05) is 41.9 Å². The minimum absolute atomic E-state index is 0.743. The third-order valence-corrected chi connectivity index (χ3v) is 13.3. The van der Waals surface area contributed by atoms with Crippen LogP contribution in [0, 0.1) is 11.8 Å². The van der Waals surface area contributed by atoms with E-state index in [2.05, 4.69) is 190 Å². The van der Waals surface area contributed by atoms with Gasteiger partial charge in [-0.2, -0.15) is 0 Å². The number of fused-ring (bicyclic) bond motifs is 6. The van der Waals surface area contributed by atoms with Crippen molar-refractivity contribution in [1.29, 1.82) is 0 Å². The highest BCUT2D eigenvalue weighted by atomic mass is 79.9. The second-order valence-electron chi connectivity index (χ2n) is 16.0. The van der Waals surface area contributed by atoms with E-state index in [0.717, 1.165) is 33.6 Å². The molecule has 0 saturated heterocycles. The van der Waals surface area contributed by atoms with Crippen molar-refractivity contribution in [2.24, 2.45) is 11.8 Å². The Hall–Kier alpha value is -4.12. The van der Waals surface area contributed by atoms with Crippen LogP contribution in [0.5, 0.6) is 0 Å². The topological polar surface area (TPSA) is 9.86 Å². The van der Waals surface area contributed by atoms with Crippen LogP contribution in [0.2, 0.25) is 0 Å². The molecule has 2 atom stereocenters. The summed E-state index contributed by atoms with van der Waals surface area (Å²) < 4.78 is 7.06. The van der Waals surface area contributed by atoms with E-state index in [0.29, 0.717) is 0 Å². The summed E-state index contributed by atoms with van der Waals surface area (Å²) in [5.41, 5.74) is 12.6. The van der Waals surface area contributed by atoms with E-state index in [1.54, 1.807) is 0 Å². The highest BCUT2D eigenvalue weighted by Crippen LogP contribution is 2.38. The van der Waals surface area contributed by atoms with Gasteiger partial charge < -0.3 is 9.13 Å². The van der Waals surface area contributed by atoms with Crippen LogP contribution in [0.4, 0.5) is 0 Å². The molecule has 0 aliphatic heterocycles. The van der Waals surface area contributed by atoms with Crippen LogP contribution in [0.15, 0.2) is 130 Å². The standard InChI is InChI=1S/C52H54Br2N2/c1-5-9-11-35(7-3)29-37-13-27-49-47(31-37)45-25-19-41(53)33-51(45)55(49)43-21-15-39(16-22-43)40-17-23-44(24-18-40)56-50-28-14-38(30-36(8-4)12-10-6-2)32-48(50)46-26-20-42(54)34-52(46)56/h13-28,31-36H,5-12,29-30H2,1-4H3. The lowest BCUT2D eigenvalue weighted by molar-refractivity contribution is 0.449. The van der Waals surface area contributed by atoms with Crippen LogP contribution in [-0.4, -0.2) is 9.13 Å². The summed E-state index contributed by atoms with van der Waals surface area (Å²) in [4.78, 5) is 0. The molecule has 0 spiro atoms. The van der Waals surface area contributed by atoms with E-state index in [1.807, 2.05) is 0 Å². The van der Waals surface area contributed by atoms with E-state index in [1.165, 1.54) is 129 Å². The van der Waals surface area contributed by atoms with Crippen LogP contribution in [0.3, 0.4) is 0 Å². The van der Waals surface area contributed by atoms with Gasteiger partial charge in [0.25, 0.3) is 0 Å². The van der Waals surface area contributed by atoms with Crippen molar-refractivity contribution < 1.29 is 0 Å². The van der Waals surface area contributed by atoms with Crippen molar-refractivity contribution >= 4 is 75.5 Å². The van der Waals surface area contributed by atoms with E-state index in [-0.39, 0.29) is 0 Å². The molecule has 8 aromatic rings. The summed E-state index contributed by atoms with van der Waals surface area (Å²) in [6, 6.07) is 46.0. The highest BCUT2D eigenvalue weighted by molar-refractivity contribution is 9.10. The first-order valence-corrected chi connectivity index (χ1v) is 22.6. The van der Waals surface area contributed by atoms with Crippen LogP contribution in [0.25, 0.3) is 66.1 Å². The first kappa shape index (κ1) is 38.7. The fourth-order valence-corrected chi connectivity index (χ4v) is 9.75. The Morgan fingerprint density at radius 1 is 0.429 bits per heavy atom. The van der Waals surface area contributed by atoms with Gasteiger partial charge in [-0.15, -0.1) is 0 Å². The number of nitrogens with zero attached hydrogens (tertiary/aromatic N) is 2. The Kier molecular flexibility index (Phi) is 11.9. The SMILES string of the molecule is CCCCC(CC)Cc1ccc2c(c1)c1ccc(Br)cc1n2-c1ccc(-c2ccc(-n3c4ccc(CC(CC)CCCC)cc4c4ccc(Br)cc43)cc2)cc1. The minimum Gasteiger partial charge on any atom is -0.309 e. The molecule has 0 amide bonds. The minimum atomic E-state index is 0.743. The van der Waals surface area contributed by atoms with Crippen LogP contribution in [-0.2, 0) is 12.8 Å². The van der Waals surface area contributed by atoms with Crippen molar-refractivity contribution in [3.05, 3.63) is 141 Å². The summed E-state index contributed by atoms with van der Waals surface area (Å²) in [5, 5.41) is 5.27. The Labute approximate surface area is 350 Å². The number of hydrogen-bond donors (Lipinski definition) is 0. The number of unbranched alkanes of at least 4 members (excludes halogenated alkanes) is 2. The smallest absolute Gasteiger partial charge is 0.0552 e. The molecular formula is C52H54Br2N2. The molecule has 0 bridgehead atoms. The Balaban J connectivity index is 1.11. The van der Waals surface area contributed by atoms with Crippen molar-refractivity contribution in [1.82, 2.24) is 9.13 Å². The van der Waals surface area contributed by atoms with Gasteiger partial charge in [-0.25, -0.2) is 0 Å². The molecule has 286 valence electrons. The number of benzene rings is 6. The molecule has 4 heteroatoms. The fraction of sp³-hybridized carbons (Fsp3) is 0.308. The third kappa shape index (κ3) is 7.77. The average Bonchev–Trinajstić information content (AvgIpc) is 3.71. The lowest BCUT2D eigenvalue weighted by atomic mass is 9.91. The predicted octanol–water partition coefficient (Wildman–Crippen LogP) is 16.6. The predicted molar refractivity (Wildman–Crippen MR) is 250 cm³/mol. The van der Waals surface area contributed by atoms with Gasteiger partial charge in [0.2, 0.25) is 0 Å². The molecule has 0 aliphatic carbocycles. The molecule has 2 nitrogen and oxygen atoms in total. The second kappa shape index (κ2) is 17.2. The number of halogens is 2. The Morgan fingerprint density at radius 2 is 0.839 bits per heavy atom. The maximum Gasteiger partial charge on any atom is 0.0552 e. The quantitative estimate of drug-likeness (QED) is 0.0972. The van der Waals surface area contributed by atoms with Crippen molar-refractivity contribution in [3.8, 4) is 22.5 Å². The van der Waals surface area contributed by atoms with Crippen LogP contribution >= 0.6 is 31.9 Å². The first-order valence-electron chi connectivity index (χ1n) is 21.0. The van der Waals surface area contributed by atoms with Crippen LogP contribution < -0.4 is 0 Å². The van der Waals surface area contributed by atoms with Crippen molar-refractivity contribution in [2.75, 3.05) is 0 Å². The van der Waals surface area contributed by atoms with Gasteiger partial charge in [0.1, 0.15) is 0 Å². The molecule has 8 rings (SSSR count). The molecule has 0 saturated carbocycles. The molecule has 56 heavy (non-hydrogen) atoms. The molecule has 0 N–H and O–H groups in total. The van der Waals surface area contributed by atoms with E-state index >= 15 is 0 Å². The van der Waals surface area contributed by atoms with E-state index in [9.17, 15) is 0 Å². The molecule has 0 fully saturated rings. The van der Waals surface area contributed by atoms with Gasteiger partial charge in [0.05, 0.1) is 22.1 Å². The van der Waals surface area contributed by atoms with E-state index in [4.69, 9.17) is 0 Å². The molecule has 6 aromatic carbocycles. The first-order chi connectivity index (χ1) is 27.4. The van der Waals surface area contributed by atoms with Gasteiger partial charge in [-0.05, 0) is 120 Å². The molecule has 2 unspecified atom stereocenters. The molecule has 2 heterocycles. The van der Waals surface area contributed by atoms with Gasteiger partial charge >= 0.3 is 0 Å². The molecular weight excluding hydrogens is 812 g/mol. The lowest BCUT2D eigenvalue weighted by Crippen LogP contribution is -2.03. The summed E-state index contributed by atoms with van der Waals surface area (Å²) in [6.07, 6.45) is 12.6. The molecule has 2 aromatic heterocycles. The monoisotopic (exact) mass is 864 g/mol. The zero-order chi connectivity index (χ0) is 38.8. The largest absolute Gasteiger partial charge is 0.309 e. The molecule has 0 radical (unpaired) electrons. The summed E-state index contributed by atoms with van der Waals surface area (Å²) in [6.45, 7) is 9.28. The maximum atomic E-state index is 3.77. The van der Waals surface area contributed by atoms with Gasteiger partial charge in [0.15, 0.2) is 0 Å². The summed E-state index contributed by atoms with van der Waals surface area (Å²) >= 11 is 7.55. The summed E-state index contributed by atoms with van der Waals surface area (Å²) in [7, 11) is 0. The van der Waals surface area contributed by atoms with E-state index < -0.39 is 0 Å². The zero-order valence-electron chi connectivity index (χ0n) is 33.4. The van der Waals surface area contributed by atoms with Crippen molar-refractivity contribution in [2.45, 2.75) is 91.9 Å². The average molecular weight is 867 g/mol. The molecule has 0 aliphatic rings. The number of hydrogen-bond acceptors (Lipinski definition) is 0. The van der Waals surface area contributed by atoms with Crippen molar-refractivity contribution in [3.63, 3.8) is 0 Å². The van der Waals surface area contributed by atoms with Crippen LogP contribution in [0.1, 0.15) is 90.2 Å². The Morgan fingerprint density at radius 3 is 1.21 bits per heavy atom. The Bertz CT molecular complexity index is 2420. The highest BCUT2D eigenvalue weighted by Gasteiger charge is 2.17. The number of rotatable bonds is 15. The third-order valence-electron chi connectivity index (χ3n) is 12.3. The zero-order valence-corrected chi connectivity index (χ0v) is 36.6. The lowest BCUT2D eigenvalue weighted by Gasteiger charge is -2.15. The van der Waals surface area contributed by atoms with Gasteiger partial charge in [-0.1, -0.05) is 159 Å². The second-order valence-corrected chi connectivity index (χ2v) is 17.9. The number of aromatic nitrogens is 2. The normalized spacial score (nSPS) is 13.0. The maximum absolute atomic E-state index is 3.77.